The molecule has 0 atom stereocenters. The lowest BCUT2D eigenvalue weighted by Crippen LogP contribution is -2.04. The Morgan fingerprint density at radius 2 is 1.71 bits per heavy atom. The minimum atomic E-state index is -0.570. The molecule has 2 rings (SSSR count). The summed E-state index contributed by atoms with van der Waals surface area (Å²) >= 11 is 0. The van der Waals surface area contributed by atoms with Crippen LogP contribution in [0.5, 0.6) is 0 Å². The van der Waals surface area contributed by atoms with Crippen molar-refractivity contribution in [2.24, 2.45) is 0 Å². The summed E-state index contributed by atoms with van der Waals surface area (Å²) in [5.74, 6) is -1.39. The monoisotopic (exact) mass is 232 g/mol. The first-order valence-electron chi connectivity index (χ1n) is 5.15. The standard InChI is InChI=1S/C14H10F2O/c1-9-8-10(6-7-12(9)15)14(17)11-4-2-3-5-13(11)16/h2-8H,1H3. The van der Waals surface area contributed by atoms with Crippen molar-refractivity contribution in [1.82, 2.24) is 0 Å². The normalized spacial score (nSPS) is 10.3. The number of rotatable bonds is 2. The molecule has 0 radical (unpaired) electrons. The predicted octanol–water partition coefficient (Wildman–Crippen LogP) is 3.50. The van der Waals surface area contributed by atoms with E-state index in [1.807, 2.05) is 0 Å². The summed E-state index contributed by atoms with van der Waals surface area (Å²) in [6.07, 6.45) is 0. The van der Waals surface area contributed by atoms with Gasteiger partial charge in [0.15, 0.2) is 5.78 Å². The van der Waals surface area contributed by atoms with E-state index < -0.39 is 11.6 Å². The van der Waals surface area contributed by atoms with Gasteiger partial charge in [-0.15, -0.1) is 0 Å². The summed E-state index contributed by atoms with van der Waals surface area (Å²) in [6, 6.07) is 9.74. The lowest BCUT2D eigenvalue weighted by Gasteiger charge is -2.04. The van der Waals surface area contributed by atoms with Crippen molar-refractivity contribution in [1.29, 1.82) is 0 Å². The topological polar surface area (TPSA) is 17.1 Å². The second kappa shape index (κ2) is 4.45. The van der Waals surface area contributed by atoms with E-state index in [0.29, 0.717) is 5.56 Å². The Morgan fingerprint density at radius 1 is 1.00 bits per heavy atom. The highest BCUT2D eigenvalue weighted by molar-refractivity contribution is 6.09. The van der Waals surface area contributed by atoms with Crippen molar-refractivity contribution < 1.29 is 13.6 Å². The van der Waals surface area contributed by atoms with Gasteiger partial charge in [-0.05, 0) is 42.8 Å². The van der Waals surface area contributed by atoms with Gasteiger partial charge in [0, 0.05) is 5.56 Å². The van der Waals surface area contributed by atoms with Crippen molar-refractivity contribution in [2.45, 2.75) is 6.92 Å². The number of halogens is 2. The van der Waals surface area contributed by atoms with E-state index in [9.17, 15) is 13.6 Å². The molecule has 0 saturated heterocycles. The van der Waals surface area contributed by atoms with Crippen molar-refractivity contribution in [3.05, 3.63) is 70.8 Å². The van der Waals surface area contributed by atoms with Crippen LogP contribution in [0.25, 0.3) is 0 Å². The summed E-state index contributed by atoms with van der Waals surface area (Å²) in [6.45, 7) is 1.56. The quantitative estimate of drug-likeness (QED) is 0.724. The van der Waals surface area contributed by atoms with Crippen molar-refractivity contribution >= 4 is 5.78 Å². The molecule has 0 aliphatic rings. The summed E-state index contributed by atoms with van der Waals surface area (Å²) < 4.78 is 26.5. The van der Waals surface area contributed by atoms with Crippen LogP contribution in [0, 0.1) is 18.6 Å². The highest BCUT2D eigenvalue weighted by atomic mass is 19.1. The highest BCUT2D eigenvalue weighted by Crippen LogP contribution is 2.16. The summed E-state index contributed by atoms with van der Waals surface area (Å²) in [5.41, 5.74) is 0.652. The minimum absolute atomic E-state index is 0.00138. The first kappa shape index (κ1) is 11.5. The highest BCUT2D eigenvalue weighted by Gasteiger charge is 2.14. The molecular weight excluding hydrogens is 222 g/mol. The van der Waals surface area contributed by atoms with Gasteiger partial charge < -0.3 is 0 Å². The molecule has 0 bridgehead atoms. The number of carbonyl (C=O) groups excluding carboxylic acids is 1. The van der Waals surface area contributed by atoms with Crippen LogP contribution in [-0.4, -0.2) is 5.78 Å². The third-order valence-corrected chi connectivity index (χ3v) is 2.54. The van der Waals surface area contributed by atoms with E-state index >= 15 is 0 Å². The molecule has 0 aromatic heterocycles. The molecule has 86 valence electrons. The third kappa shape index (κ3) is 2.23. The van der Waals surface area contributed by atoms with Crippen molar-refractivity contribution in [2.75, 3.05) is 0 Å². The molecule has 0 saturated carbocycles. The Kier molecular flexibility index (Phi) is 3.00. The second-order valence-electron chi connectivity index (χ2n) is 3.77. The molecule has 0 N–H and O–H groups in total. The SMILES string of the molecule is Cc1cc(C(=O)c2ccccc2F)ccc1F. The zero-order valence-electron chi connectivity index (χ0n) is 9.21. The first-order chi connectivity index (χ1) is 8.09. The molecule has 0 fully saturated rings. The van der Waals surface area contributed by atoms with E-state index in [0.717, 1.165) is 0 Å². The molecule has 1 nitrogen and oxygen atoms in total. The second-order valence-corrected chi connectivity index (χ2v) is 3.77. The van der Waals surface area contributed by atoms with Crippen LogP contribution >= 0.6 is 0 Å². The fraction of sp³-hybridized carbons (Fsp3) is 0.0714. The molecular formula is C14H10F2O. The molecule has 2 aromatic carbocycles. The van der Waals surface area contributed by atoms with Gasteiger partial charge in [0.25, 0.3) is 0 Å². The summed E-state index contributed by atoms with van der Waals surface area (Å²) in [4.78, 5) is 12.0. The Labute approximate surface area is 97.7 Å². The van der Waals surface area contributed by atoms with Gasteiger partial charge in [0.2, 0.25) is 0 Å². The van der Waals surface area contributed by atoms with E-state index in [1.54, 1.807) is 13.0 Å². The summed E-state index contributed by atoms with van der Waals surface area (Å²) in [5, 5.41) is 0. The number of benzene rings is 2. The smallest absolute Gasteiger partial charge is 0.195 e. The Morgan fingerprint density at radius 3 is 2.35 bits per heavy atom. The van der Waals surface area contributed by atoms with E-state index in [4.69, 9.17) is 0 Å². The first-order valence-corrected chi connectivity index (χ1v) is 5.15. The molecule has 0 unspecified atom stereocenters. The maximum Gasteiger partial charge on any atom is 0.195 e. The van der Waals surface area contributed by atoms with Crippen molar-refractivity contribution in [3.63, 3.8) is 0 Å². The number of carbonyl (C=O) groups is 1. The van der Waals surface area contributed by atoms with Crippen LogP contribution in [0.15, 0.2) is 42.5 Å². The van der Waals surface area contributed by atoms with Gasteiger partial charge in [-0.2, -0.15) is 0 Å². The fourth-order valence-electron chi connectivity index (χ4n) is 1.59. The molecule has 3 heteroatoms. The molecule has 0 spiro atoms. The minimum Gasteiger partial charge on any atom is -0.288 e. The zero-order valence-corrected chi connectivity index (χ0v) is 9.21. The molecule has 2 aromatic rings. The number of hydrogen-bond donors (Lipinski definition) is 0. The van der Waals surface area contributed by atoms with E-state index in [-0.39, 0.29) is 16.9 Å². The van der Waals surface area contributed by atoms with Gasteiger partial charge in [0.05, 0.1) is 5.56 Å². The Hall–Kier alpha value is -2.03. The van der Waals surface area contributed by atoms with Crippen molar-refractivity contribution in [3.8, 4) is 0 Å². The van der Waals surface area contributed by atoms with Crippen LogP contribution in [0.3, 0.4) is 0 Å². The van der Waals surface area contributed by atoms with Gasteiger partial charge in [0.1, 0.15) is 11.6 Å². The fourth-order valence-corrected chi connectivity index (χ4v) is 1.59. The number of aryl methyl sites for hydroxylation is 1. The van der Waals surface area contributed by atoms with Crippen LogP contribution in [-0.2, 0) is 0 Å². The number of ketones is 1. The van der Waals surface area contributed by atoms with Gasteiger partial charge in [-0.1, -0.05) is 12.1 Å². The lowest BCUT2D eigenvalue weighted by atomic mass is 10.0. The Bertz CT molecular complexity index is 576. The van der Waals surface area contributed by atoms with Crippen LogP contribution in [0.1, 0.15) is 21.5 Å². The van der Waals surface area contributed by atoms with Crippen LogP contribution in [0.4, 0.5) is 8.78 Å². The maximum absolute atomic E-state index is 13.4. The molecule has 0 amide bonds. The predicted molar refractivity (Wildman–Crippen MR) is 61.0 cm³/mol. The van der Waals surface area contributed by atoms with E-state index in [2.05, 4.69) is 0 Å². The molecule has 0 aliphatic carbocycles. The zero-order chi connectivity index (χ0) is 12.4. The van der Waals surface area contributed by atoms with Crippen LogP contribution < -0.4 is 0 Å². The largest absolute Gasteiger partial charge is 0.288 e. The maximum atomic E-state index is 13.4. The summed E-state index contributed by atoms with van der Waals surface area (Å²) in [7, 11) is 0. The van der Waals surface area contributed by atoms with Gasteiger partial charge >= 0.3 is 0 Å². The molecule has 0 heterocycles. The average Bonchev–Trinajstić information content (AvgIpc) is 2.32. The molecule has 17 heavy (non-hydrogen) atoms. The van der Waals surface area contributed by atoms with Crippen LogP contribution in [0.2, 0.25) is 0 Å². The van der Waals surface area contributed by atoms with E-state index in [1.165, 1.54) is 36.4 Å². The Balaban J connectivity index is 2.44. The number of hydrogen-bond acceptors (Lipinski definition) is 1. The lowest BCUT2D eigenvalue weighted by molar-refractivity contribution is 0.103. The molecule has 0 aliphatic heterocycles. The average molecular weight is 232 g/mol. The van der Waals surface area contributed by atoms with Gasteiger partial charge in [-0.3, -0.25) is 4.79 Å². The van der Waals surface area contributed by atoms with Gasteiger partial charge in [-0.25, -0.2) is 8.78 Å². The third-order valence-electron chi connectivity index (χ3n) is 2.54.